The Kier molecular flexibility index (Phi) is 5.44. The zero-order chi connectivity index (χ0) is 21.5. The molecule has 1 aliphatic rings. The Balaban J connectivity index is 1.66. The number of carbonyl (C=O) groups excluding carboxylic acids is 1. The third-order valence-corrected chi connectivity index (χ3v) is 5.99. The fraction of sp³-hybridized carbons (Fsp3) is 0.500. The van der Waals surface area contributed by atoms with Gasteiger partial charge in [-0.25, -0.2) is 4.98 Å². The maximum Gasteiger partial charge on any atom is 0.239 e. The highest BCUT2D eigenvalue weighted by atomic mass is 32.1. The fourth-order valence-corrected chi connectivity index (χ4v) is 4.11. The Morgan fingerprint density at radius 1 is 1.27 bits per heavy atom. The summed E-state index contributed by atoms with van der Waals surface area (Å²) in [4.78, 5) is 19.7. The van der Waals surface area contributed by atoms with Crippen LogP contribution in [0, 0.1) is 0 Å². The molecular formula is C22H30N6OS. The number of nitrogens with one attached hydrogen (secondary N) is 2. The molecule has 2 aromatic heterocycles. The number of anilines is 2. The van der Waals surface area contributed by atoms with Crippen LogP contribution >= 0.6 is 11.3 Å². The highest BCUT2D eigenvalue weighted by Gasteiger charge is 2.25. The van der Waals surface area contributed by atoms with Crippen molar-refractivity contribution in [1.82, 2.24) is 19.9 Å². The first-order chi connectivity index (χ1) is 14.2. The summed E-state index contributed by atoms with van der Waals surface area (Å²) in [5.41, 5.74) is 3.12. The van der Waals surface area contributed by atoms with Crippen LogP contribution in [0.2, 0.25) is 0 Å². The molecule has 4 rings (SSSR count). The van der Waals surface area contributed by atoms with E-state index in [1.807, 2.05) is 16.5 Å². The van der Waals surface area contributed by atoms with Gasteiger partial charge in [-0.3, -0.25) is 4.79 Å². The zero-order valence-electron chi connectivity index (χ0n) is 18.3. The molecule has 0 aliphatic heterocycles. The number of aryl methyl sites for hydroxylation is 1. The van der Waals surface area contributed by atoms with Crippen LogP contribution in [0.5, 0.6) is 0 Å². The number of hydrogen-bond acceptors (Lipinski definition) is 6. The maximum atomic E-state index is 12.2. The van der Waals surface area contributed by atoms with E-state index in [0.717, 1.165) is 46.4 Å². The standard InChI is InChI=1S/C22H30N6OS/c1-6-14-7-9-15(10-8-14)18-19(25-22(2,3)4)28-20(24-18)30-21(26-28)27(5)13-17(29)23-16-11-12-16/h7-10,16,25H,6,11-13H2,1-5H3,(H,23,29). The molecule has 1 saturated carbocycles. The smallest absolute Gasteiger partial charge is 0.239 e. The lowest BCUT2D eigenvalue weighted by atomic mass is 10.1. The van der Waals surface area contributed by atoms with Crippen LogP contribution in [0.1, 0.15) is 46.1 Å². The van der Waals surface area contributed by atoms with Crippen molar-refractivity contribution in [3.63, 3.8) is 0 Å². The van der Waals surface area contributed by atoms with E-state index < -0.39 is 0 Å². The van der Waals surface area contributed by atoms with Gasteiger partial charge >= 0.3 is 0 Å². The molecule has 1 fully saturated rings. The van der Waals surface area contributed by atoms with E-state index in [1.54, 1.807) is 0 Å². The normalized spacial score (nSPS) is 14.2. The first-order valence-electron chi connectivity index (χ1n) is 10.5. The summed E-state index contributed by atoms with van der Waals surface area (Å²) in [6.45, 7) is 8.82. The van der Waals surface area contributed by atoms with Crippen molar-refractivity contribution in [1.29, 1.82) is 0 Å². The highest BCUT2D eigenvalue weighted by molar-refractivity contribution is 7.20. The van der Waals surface area contributed by atoms with Gasteiger partial charge in [0.05, 0.1) is 6.54 Å². The Morgan fingerprint density at radius 2 is 1.97 bits per heavy atom. The van der Waals surface area contributed by atoms with Crippen molar-refractivity contribution < 1.29 is 4.79 Å². The Labute approximate surface area is 181 Å². The highest BCUT2D eigenvalue weighted by Crippen LogP contribution is 2.34. The monoisotopic (exact) mass is 426 g/mol. The number of imidazole rings is 1. The number of aromatic nitrogens is 3. The van der Waals surface area contributed by atoms with Crippen molar-refractivity contribution in [3.05, 3.63) is 29.8 Å². The second kappa shape index (κ2) is 7.91. The van der Waals surface area contributed by atoms with Crippen molar-refractivity contribution in [3.8, 4) is 11.3 Å². The molecule has 3 aromatic rings. The maximum absolute atomic E-state index is 12.2. The summed E-state index contributed by atoms with van der Waals surface area (Å²) < 4.78 is 1.86. The molecule has 30 heavy (non-hydrogen) atoms. The molecule has 2 heterocycles. The summed E-state index contributed by atoms with van der Waals surface area (Å²) in [7, 11) is 1.89. The molecule has 1 amide bonds. The molecule has 2 N–H and O–H groups in total. The number of nitrogens with zero attached hydrogens (tertiary/aromatic N) is 4. The van der Waals surface area contributed by atoms with Gasteiger partial charge < -0.3 is 15.5 Å². The van der Waals surface area contributed by atoms with Crippen molar-refractivity contribution >= 4 is 33.2 Å². The molecule has 8 heteroatoms. The Morgan fingerprint density at radius 3 is 2.57 bits per heavy atom. The van der Waals surface area contributed by atoms with E-state index in [-0.39, 0.29) is 11.4 Å². The number of hydrogen-bond donors (Lipinski definition) is 2. The number of likely N-dealkylation sites (N-methyl/N-ethyl adjacent to an activating group) is 1. The first kappa shape index (κ1) is 20.7. The fourth-order valence-electron chi connectivity index (χ4n) is 3.24. The van der Waals surface area contributed by atoms with Crippen molar-refractivity contribution in [2.24, 2.45) is 0 Å². The lowest BCUT2D eigenvalue weighted by Crippen LogP contribution is -2.36. The van der Waals surface area contributed by atoms with E-state index in [4.69, 9.17) is 10.1 Å². The van der Waals surface area contributed by atoms with Crippen LogP contribution in [0.3, 0.4) is 0 Å². The molecule has 0 bridgehead atoms. The molecular weight excluding hydrogens is 396 g/mol. The summed E-state index contributed by atoms with van der Waals surface area (Å²) in [6.07, 6.45) is 3.19. The second-order valence-corrected chi connectivity index (χ2v) is 9.95. The average molecular weight is 427 g/mol. The van der Waals surface area contributed by atoms with Crippen LogP contribution in [0.25, 0.3) is 16.2 Å². The Hall–Kier alpha value is -2.61. The molecule has 0 saturated heterocycles. The number of benzene rings is 1. The summed E-state index contributed by atoms with van der Waals surface area (Å²) in [5.74, 6) is 0.915. The third-order valence-electron chi connectivity index (χ3n) is 4.97. The molecule has 160 valence electrons. The summed E-state index contributed by atoms with van der Waals surface area (Å²) in [5, 5.41) is 12.2. The summed E-state index contributed by atoms with van der Waals surface area (Å²) in [6, 6.07) is 8.90. The van der Waals surface area contributed by atoms with Gasteiger partial charge in [-0.05, 0) is 45.6 Å². The van der Waals surface area contributed by atoms with E-state index in [1.165, 1.54) is 16.9 Å². The molecule has 0 radical (unpaired) electrons. The molecule has 0 unspecified atom stereocenters. The molecule has 1 aromatic carbocycles. The average Bonchev–Trinajstić information content (AvgIpc) is 3.29. The minimum absolute atomic E-state index is 0.0394. The van der Waals surface area contributed by atoms with E-state index in [2.05, 4.69) is 62.6 Å². The second-order valence-electron chi connectivity index (χ2n) is 9.01. The van der Waals surface area contributed by atoms with Gasteiger partial charge in [-0.1, -0.05) is 42.5 Å². The number of amides is 1. The van der Waals surface area contributed by atoms with Gasteiger partial charge in [0.1, 0.15) is 5.69 Å². The predicted octanol–water partition coefficient (Wildman–Crippen LogP) is 3.95. The number of carbonyl (C=O) groups is 1. The third kappa shape index (κ3) is 4.59. The lowest BCUT2D eigenvalue weighted by molar-refractivity contribution is -0.119. The van der Waals surface area contributed by atoms with Gasteiger partial charge in [-0.2, -0.15) is 4.52 Å². The van der Waals surface area contributed by atoms with Gasteiger partial charge in [0.15, 0.2) is 5.82 Å². The molecule has 0 spiro atoms. The van der Waals surface area contributed by atoms with Crippen molar-refractivity contribution in [2.45, 2.75) is 58.5 Å². The van der Waals surface area contributed by atoms with E-state index in [0.29, 0.717) is 12.6 Å². The van der Waals surface area contributed by atoms with Crippen molar-refractivity contribution in [2.75, 3.05) is 23.8 Å². The molecule has 0 atom stereocenters. The van der Waals surface area contributed by atoms with Crippen LogP contribution in [0.4, 0.5) is 10.9 Å². The largest absolute Gasteiger partial charge is 0.364 e. The van der Waals surface area contributed by atoms with Gasteiger partial charge in [-0.15, -0.1) is 5.10 Å². The van der Waals surface area contributed by atoms with E-state index >= 15 is 0 Å². The first-order valence-corrected chi connectivity index (χ1v) is 11.3. The minimum Gasteiger partial charge on any atom is -0.364 e. The zero-order valence-corrected chi connectivity index (χ0v) is 19.1. The topological polar surface area (TPSA) is 74.6 Å². The predicted molar refractivity (Wildman–Crippen MR) is 123 cm³/mol. The minimum atomic E-state index is -0.145. The summed E-state index contributed by atoms with van der Waals surface area (Å²) >= 11 is 1.49. The van der Waals surface area contributed by atoms with Crippen LogP contribution in [-0.2, 0) is 11.2 Å². The van der Waals surface area contributed by atoms with Gasteiger partial charge in [0, 0.05) is 24.2 Å². The lowest BCUT2D eigenvalue weighted by Gasteiger charge is -2.22. The quantitative estimate of drug-likeness (QED) is 0.598. The molecule has 7 nitrogen and oxygen atoms in total. The van der Waals surface area contributed by atoms with Crippen LogP contribution in [-0.4, -0.2) is 45.7 Å². The SMILES string of the molecule is CCc1ccc(-c2nc3sc(N(C)CC(=O)NC4CC4)nn3c2NC(C)(C)C)cc1. The van der Waals surface area contributed by atoms with Gasteiger partial charge in [0.2, 0.25) is 16.0 Å². The number of fused-ring (bicyclic) bond motifs is 1. The van der Waals surface area contributed by atoms with Crippen LogP contribution in [0.15, 0.2) is 24.3 Å². The van der Waals surface area contributed by atoms with Crippen LogP contribution < -0.4 is 15.5 Å². The Bertz CT molecular complexity index is 1040. The van der Waals surface area contributed by atoms with Gasteiger partial charge in [0.25, 0.3) is 0 Å². The van der Waals surface area contributed by atoms with E-state index in [9.17, 15) is 4.79 Å². The number of rotatable bonds is 7. The molecule has 1 aliphatic carbocycles.